The van der Waals surface area contributed by atoms with Gasteiger partial charge in [-0.2, -0.15) is 0 Å². The molecule has 21 heavy (non-hydrogen) atoms. The molecule has 0 saturated carbocycles. The lowest BCUT2D eigenvalue weighted by molar-refractivity contribution is 0.126. The summed E-state index contributed by atoms with van der Waals surface area (Å²) in [6.07, 6.45) is 3.80. The summed E-state index contributed by atoms with van der Waals surface area (Å²) < 4.78 is 36.1. The van der Waals surface area contributed by atoms with Crippen LogP contribution in [0.25, 0.3) is 0 Å². The van der Waals surface area contributed by atoms with Gasteiger partial charge in [-0.05, 0) is 27.2 Å². The van der Waals surface area contributed by atoms with Crippen LogP contribution in [0.3, 0.4) is 0 Å². The van der Waals surface area contributed by atoms with Gasteiger partial charge in [0.2, 0.25) is 0 Å². The van der Waals surface area contributed by atoms with Crippen LogP contribution in [-0.2, 0) is 22.7 Å². The average molecular weight is 348 g/mol. The van der Waals surface area contributed by atoms with Crippen LogP contribution in [-0.4, -0.2) is 35.8 Å². The normalized spacial score (nSPS) is 11.9. The molecule has 0 saturated heterocycles. The van der Waals surface area contributed by atoms with Crippen molar-refractivity contribution >= 4 is 15.4 Å². The van der Waals surface area contributed by atoms with Gasteiger partial charge >= 0.3 is 15.4 Å². The summed E-state index contributed by atoms with van der Waals surface area (Å²) in [4.78, 5) is 16.9. The molecule has 0 radical (unpaired) electrons. The molecule has 2 N–H and O–H groups in total. The van der Waals surface area contributed by atoms with Crippen LogP contribution < -0.4 is 0 Å². The molecule has 0 heterocycles. The van der Waals surface area contributed by atoms with Crippen molar-refractivity contribution in [2.75, 3.05) is 26.0 Å². The van der Waals surface area contributed by atoms with E-state index in [9.17, 15) is 9.13 Å². The smallest absolute Gasteiger partial charge is 0.324 e. The second-order valence-electron chi connectivity index (χ2n) is 4.15. The molecule has 0 spiro atoms. The molecule has 0 aliphatic heterocycles. The SMILES string of the molecule is CCCCCCP(=O)(O)O.CCOP(=O)(OCC)OCC. The van der Waals surface area contributed by atoms with Crippen molar-refractivity contribution < 1.29 is 32.5 Å². The lowest BCUT2D eigenvalue weighted by Gasteiger charge is -2.14. The van der Waals surface area contributed by atoms with Gasteiger partial charge < -0.3 is 9.79 Å². The summed E-state index contributed by atoms with van der Waals surface area (Å²) in [7, 11) is -6.93. The van der Waals surface area contributed by atoms with Gasteiger partial charge in [0, 0.05) is 6.16 Å². The number of phosphoric ester groups is 1. The van der Waals surface area contributed by atoms with Crippen molar-refractivity contribution in [3.63, 3.8) is 0 Å². The van der Waals surface area contributed by atoms with E-state index >= 15 is 0 Å². The minimum Gasteiger partial charge on any atom is -0.324 e. The molecule has 130 valence electrons. The summed E-state index contributed by atoms with van der Waals surface area (Å²) in [5.74, 6) is 0. The molecule has 9 heteroatoms. The molecule has 0 aliphatic carbocycles. The third-order valence-corrected chi connectivity index (χ3v) is 4.79. The highest BCUT2D eigenvalue weighted by atomic mass is 31.2. The first-order chi connectivity index (χ1) is 9.74. The first kappa shape index (κ1) is 23.5. The Hall–Kier alpha value is 0.260. The van der Waals surface area contributed by atoms with E-state index in [1.165, 1.54) is 0 Å². The Labute approximate surface area is 128 Å². The van der Waals surface area contributed by atoms with E-state index < -0.39 is 15.4 Å². The summed E-state index contributed by atoms with van der Waals surface area (Å²) >= 11 is 0. The molecule has 0 bridgehead atoms. The molecule has 0 unspecified atom stereocenters. The summed E-state index contributed by atoms with van der Waals surface area (Å²) in [6.45, 7) is 8.28. The van der Waals surface area contributed by atoms with E-state index in [1.807, 2.05) is 0 Å². The summed E-state index contributed by atoms with van der Waals surface area (Å²) in [6, 6.07) is 0. The Balaban J connectivity index is 0. The van der Waals surface area contributed by atoms with E-state index in [-0.39, 0.29) is 6.16 Å². The molecular formula is C12H30O7P2. The first-order valence-corrected chi connectivity index (χ1v) is 10.6. The Morgan fingerprint density at radius 2 is 1.19 bits per heavy atom. The van der Waals surface area contributed by atoms with E-state index in [0.29, 0.717) is 26.2 Å². The lowest BCUT2D eigenvalue weighted by Crippen LogP contribution is -1.99. The van der Waals surface area contributed by atoms with Crippen molar-refractivity contribution in [1.82, 2.24) is 0 Å². The topological polar surface area (TPSA) is 102 Å². The average Bonchev–Trinajstić information content (AvgIpc) is 2.35. The van der Waals surface area contributed by atoms with Gasteiger partial charge in [-0.3, -0.25) is 18.1 Å². The molecule has 0 fully saturated rings. The predicted octanol–water partition coefficient (Wildman–Crippen LogP) is 3.95. The quantitative estimate of drug-likeness (QED) is 0.430. The van der Waals surface area contributed by atoms with E-state index in [0.717, 1.165) is 19.3 Å². The van der Waals surface area contributed by atoms with Crippen molar-refractivity contribution in [2.24, 2.45) is 0 Å². The van der Waals surface area contributed by atoms with Crippen molar-refractivity contribution in [2.45, 2.75) is 53.4 Å². The van der Waals surface area contributed by atoms with Crippen LogP contribution in [0.1, 0.15) is 53.4 Å². The van der Waals surface area contributed by atoms with Crippen molar-refractivity contribution in [3.05, 3.63) is 0 Å². The molecule has 0 aromatic heterocycles. The molecule has 0 amide bonds. The van der Waals surface area contributed by atoms with Gasteiger partial charge in [0.1, 0.15) is 0 Å². The van der Waals surface area contributed by atoms with Gasteiger partial charge in [0.05, 0.1) is 19.8 Å². The van der Waals surface area contributed by atoms with Crippen molar-refractivity contribution in [3.8, 4) is 0 Å². The Kier molecular flexibility index (Phi) is 15.6. The second-order valence-corrected chi connectivity index (χ2v) is 7.60. The number of rotatable bonds is 11. The van der Waals surface area contributed by atoms with Crippen LogP contribution >= 0.6 is 15.4 Å². The zero-order chi connectivity index (χ0) is 16.8. The Morgan fingerprint density at radius 1 is 0.762 bits per heavy atom. The zero-order valence-electron chi connectivity index (χ0n) is 13.5. The minimum absolute atomic E-state index is 0.0486. The van der Waals surface area contributed by atoms with Gasteiger partial charge in [0.15, 0.2) is 0 Å². The van der Waals surface area contributed by atoms with E-state index in [4.69, 9.17) is 23.4 Å². The number of hydrogen-bond acceptors (Lipinski definition) is 5. The summed E-state index contributed by atoms with van der Waals surface area (Å²) in [5, 5.41) is 0. The summed E-state index contributed by atoms with van der Waals surface area (Å²) in [5.41, 5.74) is 0. The van der Waals surface area contributed by atoms with Crippen molar-refractivity contribution in [1.29, 1.82) is 0 Å². The van der Waals surface area contributed by atoms with Gasteiger partial charge in [0.25, 0.3) is 0 Å². The number of hydrogen-bond donors (Lipinski definition) is 2. The minimum atomic E-state index is -3.71. The monoisotopic (exact) mass is 348 g/mol. The highest BCUT2D eigenvalue weighted by Gasteiger charge is 2.23. The molecule has 0 aliphatic rings. The predicted molar refractivity (Wildman–Crippen MR) is 83.5 cm³/mol. The van der Waals surface area contributed by atoms with Gasteiger partial charge in [-0.25, -0.2) is 4.57 Å². The lowest BCUT2D eigenvalue weighted by atomic mass is 10.2. The molecule has 0 rings (SSSR count). The second kappa shape index (κ2) is 13.9. The standard InChI is InChI=1S/C6H15O4P.C6H15O3P/c1-4-8-11(7,9-5-2)10-6-3;1-2-3-4-5-6-10(7,8)9/h4-6H2,1-3H3;2-6H2,1H3,(H2,7,8,9). The molecule has 0 aromatic rings. The maximum absolute atomic E-state index is 11.3. The maximum atomic E-state index is 11.3. The van der Waals surface area contributed by atoms with E-state index in [1.54, 1.807) is 20.8 Å². The van der Waals surface area contributed by atoms with Crippen LogP contribution in [0.15, 0.2) is 0 Å². The van der Waals surface area contributed by atoms with Crippen LogP contribution in [0.2, 0.25) is 0 Å². The van der Waals surface area contributed by atoms with E-state index in [2.05, 4.69) is 6.92 Å². The van der Waals surface area contributed by atoms with Crippen LogP contribution in [0.4, 0.5) is 0 Å². The first-order valence-electron chi connectivity index (χ1n) is 7.32. The third-order valence-electron chi connectivity index (χ3n) is 2.16. The molecule has 0 aromatic carbocycles. The maximum Gasteiger partial charge on any atom is 0.474 e. The Bertz CT molecular complexity index is 293. The zero-order valence-corrected chi connectivity index (χ0v) is 15.3. The van der Waals surface area contributed by atoms with Crippen LogP contribution in [0.5, 0.6) is 0 Å². The largest absolute Gasteiger partial charge is 0.474 e. The molecule has 7 nitrogen and oxygen atoms in total. The number of unbranched alkanes of at least 4 members (excludes halogenated alkanes) is 3. The fourth-order valence-corrected chi connectivity index (χ4v) is 3.14. The fraction of sp³-hybridized carbons (Fsp3) is 1.00. The van der Waals surface area contributed by atoms with Gasteiger partial charge in [-0.1, -0.05) is 26.2 Å². The Morgan fingerprint density at radius 3 is 1.48 bits per heavy atom. The molecule has 0 atom stereocenters. The number of phosphoric acid groups is 1. The molecular weight excluding hydrogens is 318 g/mol. The third kappa shape index (κ3) is 18.2. The highest BCUT2D eigenvalue weighted by Crippen LogP contribution is 2.48. The van der Waals surface area contributed by atoms with Gasteiger partial charge in [-0.15, -0.1) is 0 Å². The fourth-order valence-electron chi connectivity index (χ4n) is 1.33. The van der Waals surface area contributed by atoms with Crippen LogP contribution in [0, 0.1) is 0 Å². The highest BCUT2D eigenvalue weighted by molar-refractivity contribution is 7.51.